The number of nitrogens with zero attached hydrogens (tertiary/aromatic N) is 5. The first-order valence-electron chi connectivity index (χ1n) is 16.9. The maximum absolute atomic E-state index is 13.8. The van der Waals surface area contributed by atoms with E-state index >= 15 is 0 Å². The molecular formula is C41H34N8O5S. The number of hydrogen-bond acceptors (Lipinski definition) is 11. The SMILES string of the molecule is Cc1ccc(S(=O)(=O)n2c(C(=O)c3cnn(-c4ccc(Oc5ccccc5)nc4)c3N)cc3ccccc32)cc1.NNc1ccc(Oc2ccccc2)nc1. The second-order valence-corrected chi connectivity index (χ2v) is 13.9. The fourth-order valence-corrected chi connectivity index (χ4v) is 7.05. The van der Waals surface area contributed by atoms with Gasteiger partial charge in [-0.15, -0.1) is 0 Å². The van der Waals surface area contributed by atoms with Crippen LogP contribution in [-0.4, -0.2) is 37.9 Å². The van der Waals surface area contributed by atoms with Crippen molar-refractivity contribution in [3.63, 3.8) is 0 Å². The Morgan fingerprint density at radius 3 is 1.89 bits per heavy atom. The van der Waals surface area contributed by atoms with Crippen molar-refractivity contribution in [2.75, 3.05) is 11.2 Å². The van der Waals surface area contributed by atoms with Crippen molar-refractivity contribution in [2.24, 2.45) is 5.84 Å². The van der Waals surface area contributed by atoms with Gasteiger partial charge in [-0.3, -0.25) is 10.6 Å². The van der Waals surface area contributed by atoms with Gasteiger partial charge in [0.25, 0.3) is 10.0 Å². The zero-order valence-corrected chi connectivity index (χ0v) is 30.2. The van der Waals surface area contributed by atoms with Crippen LogP contribution < -0.4 is 26.5 Å². The fourth-order valence-electron chi connectivity index (χ4n) is 5.54. The highest BCUT2D eigenvalue weighted by atomic mass is 32.2. The average molecular weight is 751 g/mol. The number of para-hydroxylation sites is 3. The van der Waals surface area contributed by atoms with E-state index in [4.69, 9.17) is 21.1 Å². The lowest BCUT2D eigenvalue weighted by Crippen LogP contribution is -2.19. The number of nitrogen functional groups attached to an aromatic ring is 2. The first kappa shape index (κ1) is 36.1. The number of aromatic nitrogens is 5. The number of benzene rings is 4. The Balaban J connectivity index is 0.000000259. The average Bonchev–Trinajstić information content (AvgIpc) is 3.81. The quantitative estimate of drug-likeness (QED) is 0.0714. The Morgan fingerprint density at radius 2 is 1.31 bits per heavy atom. The van der Waals surface area contributed by atoms with Gasteiger partial charge in [0, 0.05) is 17.5 Å². The Hall–Kier alpha value is -7.29. The molecule has 0 atom stereocenters. The van der Waals surface area contributed by atoms with E-state index in [1.54, 1.807) is 72.9 Å². The van der Waals surface area contributed by atoms with Crippen LogP contribution in [0.5, 0.6) is 23.3 Å². The fraction of sp³-hybridized carbons (Fsp3) is 0.0244. The van der Waals surface area contributed by atoms with Crippen molar-refractivity contribution in [3.05, 3.63) is 175 Å². The second kappa shape index (κ2) is 15.8. The number of carbonyl (C=O) groups is 1. The third-order valence-corrected chi connectivity index (χ3v) is 10.1. The van der Waals surface area contributed by atoms with E-state index in [1.807, 2.05) is 67.6 Å². The van der Waals surface area contributed by atoms with E-state index < -0.39 is 15.8 Å². The van der Waals surface area contributed by atoms with Gasteiger partial charge in [0.15, 0.2) is 0 Å². The van der Waals surface area contributed by atoms with Gasteiger partial charge < -0.3 is 20.6 Å². The molecule has 0 saturated heterocycles. The minimum Gasteiger partial charge on any atom is -0.439 e. The minimum absolute atomic E-state index is 0.0437. The standard InChI is InChI=1S/C30H23N5O4S.C11H11N3O/c1-20-11-14-24(15-12-20)40(37,38)35-26-10-6-5-7-21(26)17-27(35)29(36)25-19-33-34(30(25)31)22-13-16-28(32-18-22)39-23-8-3-2-4-9-23;12-14-9-6-7-11(13-8-9)15-10-4-2-1-3-5-10/h2-19H,31H2,1H3;1-8,14H,12H2. The third-order valence-electron chi connectivity index (χ3n) is 8.31. The summed E-state index contributed by atoms with van der Waals surface area (Å²) in [7, 11) is -4.11. The van der Waals surface area contributed by atoms with Gasteiger partial charge in [0.1, 0.15) is 23.0 Å². The number of carbonyl (C=O) groups excluding carboxylic acids is 1. The highest BCUT2D eigenvalue weighted by Crippen LogP contribution is 2.30. The van der Waals surface area contributed by atoms with Crippen molar-refractivity contribution in [3.8, 4) is 28.9 Å². The lowest BCUT2D eigenvalue weighted by molar-refractivity contribution is 0.103. The van der Waals surface area contributed by atoms with Crippen LogP contribution in [0.1, 0.15) is 21.6 Å². The third kappa shape index (κ3) is 7.90. The van der Waals surface area contributed by atoms with Crippen molar-refractivity contribution in [2.45, 2.75) is 11.8 Å². The van der Waals surface area contributed by atoms with E-state index in [9.17, 15) is 13.2 Å². The first-order valence-corrected chi connectivity index (χ1v) is 18.3. The minimum atomic E-state index is -4.11. The molecule has 14 heteroatoms. The molecule has 0 aliphatic rings. The molecule has 8 rings (SSSR count). The van der Waals surface area contributed by atoms with E-state index in [-0.39, 0.29) is 22.0 Å². The lowest BCUT2D eigenvalue weighted by Gasteiger charge is -2.12. The van der Waals surface area contributed by atoms with Gasteiger partial charge in [-0.2, -0.15) is 5.10 Å². The van der Waals surface area contributed by atoms with Gasteiger partial charge in [0.2, 0.25) is 17.5 Å². The summed E-state index contributed by atoms with van der Waals surface area (Å²) in [5, 5.41) is 4.89. The summed E-state index contributed by atoms with van der Waals surface area (Å²) in [5.41, 5.74) is 11.5. The predicted octanol–water partition coefficient (Wildman–Crippen LogP) is 7.53. The molecule has 8 aromatic rings. The zero-order chi connectivity index (χ0) is 38.4. The van der Waals surface area contributed by atoms with E-state index in [2.05, 4.69) is 20.5 Å². The van der Waals surface area contributed by atoms with Gasteiger partial charge >= 0.3 is 0 Å². The maximum Gasteiger partial charge on any atom is 0.268 e. The normalized spacial score (nSPS) is 11.0. The van der Waals surface area contributed by atoms with Gasteiger partial charge in [-0.25, -0.2) is 27.0 Å². The predicted molar refractivity (Wildman–Crippen MR) is 210 cm³/mol. The van der Waals surface area contributed by atoms with Crippen molar-refractivity contribution in [1.29, 1.82) is 0 Å². The van der Waals surface area contributed by atoms with E-state index in [1.165, 1.54) is 29.2 Å². The van der Waals surface area contributed by atoms with Gasteiger partial charge in [-0.05, 0) is 67.6 Å². The van der Waals surface area contributed by atoms with Crippen LogP contribution in [-0.2, 0) is 10.0 Å². The molecule has 0 aliphatic heterocycles. The molecule has 0 unspecified atom stereocenters. The second-order valence-electron chi connectivity index (χ2n) is 12.1. The molecule has 5 N–H and O–H groups in total. The number of fused-ring (bicyclic) bond motifs is 1. The van der Waals surface area contributed by atoms with Gasteiger partial charge in [0.05, 0.1) is 45.9 Å². The van der Waals surface area contributed by atoms with Crippen molar-refractivity contribution >= 4 is 38.2 Å². The Bertz CT molecular complexity index is 2670. The number of hydrogen-bond donors (Lipinski definition) is 3. The highest BCUT2D eigenvalue weighted by Gasteiger charge is 2.29. The summed E-state index contributed by atoms with van der Waals surface area (Å²) in [6.07, 6.45) is 4.46. The summed E-state index contributed by atoms with van der Waals surface area (Å²) in [6.45, 7) is 1.87. The van der Waals surface area contributed by atoms with Crippen LogP contribution in [0.4, 0.5) is 11.5 Å². The molecule has 55 heavy (non-hydrogen) atoms. The molecule has 0 aliphatic carbocycles. The summed E-state index contributed by atoms with van der Waals surface area (Å²) in [6, 6.07) is 40.6. The molecule has 0 radical (unpaired) electrons. The van der Waals surface area contributed by atoms with Crippen LogP contribution in [0, 0.1) is 6.92 Å². The van der Waals surface area contributed by atoms with Crippen LogP contribution in [0.25, 0.3) is 16.6 Å². The molecule has 0 fully saturated rings. The molecule has 274 valence electrons. The van der Waals surface area contributed by atoms with E-state index in [0.717, 1.165) is 21.0 Å². The smallest absolute Gasteiger partial charge is 0.268 e. The highest BCUT2D eigenvalue weighted by molar-refractivity contribution is 7.90. The number of rotatable bonds is 10. The topological polar surface area (TPSA) is 182 Å². The molecule has 4 heterocycles. The Labute approximate surface area is 316 Å². The molecule has 0 saturated carbocycles. The molecule has 4 aromatic carbocycles. The number of nitrogens with one attached hydrogen (secondary N) is 1. The van der Waals surface area contributed by atoms with Crippen LogP contribution in [0.2, 0.25) is 0 Å². The molecular weight excluding hydrogens is 717 g/mol. The number of anilines is 2. The molecule has 13 nitrogen and oxygen atoms in total. The summed E-state index contributed by atoms with van der Waals surface area (Å²) in [5.74, 6) is 7.02. The summed E-state index contributed by atoms with van der Waals surface area (Å²) < 4.78 is 41.3. The summed E-state index contributed by atoms with van der Waals surface area (Å²) >= 11 is 0. The molecule has 0 spiro atoms. The van der Waals surface area contributed by atoms with Crippen LogP contribution in [0.3, 0.4) is 0 Å². The summed E-state index contributed by atoms with van der Waals surface area (Å²) in [4.78, 5) is 22.3. The number of aryl methyl sites for hydroxylation is 1. The van der Waals surface area contributed by atoms with Crippen LogP contribution in [0.15, 0.2) is 163 Å². The number of pyridine rings is 2. The number of ketones is 1. The number of nitrogens with two attached hydrogens (primary N) is 2. The molecule has 0 amide bonds. The largest absolute Gasteiger partial charge is 0.439 e. The van der Waals surface area contributed by atoms with Crippen LogP contribution >= 0.6 is 0 Å². The Morgan fingerprint density at radius 1 is 0.709 bits per heavy atom. The number of ether oxygens (including phenoxy) is 2. The number of hydrazine groups is 1. The molecule has 0 bridgehead atoms. The molecule has 4 aromatic heterocycles. The maximum atomic E-state index is 13.8. The van der Waals surface area contributed by atoms with Crippen molar-refractivity contribution in [1.82, 2.24) is 23.7 Å². The Kier molecular flexibility index (Phi) is 10.3. The zero-order valence-electron chi connectivity index (χ0n) is 29.4. The monoisotopic (exact) mass is 750 g/mol. The van der Waals surface area contributed by atoms with Crippen molar-refractivity contribution < 1.29 is 22.7 Å². The first-order chi connectivity index (χ1) is 26.7. The van der Waals surface area contributed by atoms with Gasteiger partial charge in [-0.1, -0.05) is 72.3 Å². The van der Waals surface area contributed by atoms with E-state index in [0.29, 0.717) is 34.1 Å². The lowest BCUT2D eigenvalue weighted by atomic mass is 10.1.